The van der Waals surface area contributed by atoms with Crippen LogP contribution in [0.1, 0.15) is 34.7 Å². The number of aromatic nitrogens is 1. The SMILES string of the molecule is CCc1ccc(Cc2cccc3nc([C@@H]4O[C@H](CO)[C@@H](O)[C@H](O)[C@H]4O)sc23)cc1. The molecule has 0 saturated carbocycles. The fourth-order valence-corrected chi connectivity index (χ4v) is 4.86. The Morgan fingerprint density at radius 2 is 1.69 bits per heavy atom. The van der Waals surface area contributed by atoms with Crippen molar-refractivity contribution < 1.29 is 25.2 Å². The van der Waals surface area contributed by atoms with Crippen molar-refractivity contribution in [2.75, 3.05) is 6.61 Å². The molecular weight excluding hydrogens is 390 g/mol. The van der Waals surface area contributed by atoms with Gasteiger partial charge in [-0.25, -0.2) is 4.98 Å². The highest BCUT2D eigenvalue weighted by Crippen LogP contribution is 2.37. The number of benzene rings is 2. The van der Waals surface area contributed by atoms with Gasteiger partial charge in [0.15, 0.2) is 0 Å². The number of aryl methyl sites for hydroxylation is 1. The van der Waals surface area contributed by atoms with E-state index in [0.29, 0.717) is 5.01 Å². The average Bonchev–Trinajstić information content (AvgIpc) is 3.18. The first kappa shape index (κ1) is 20.4. The Balaban J connectivity index is 1.65. The highest BCUT2D eigenvalue weighted by atomic mass is 32.1. The molecule has 0 amide bonds. The predicted octanol–water partition coefficient (Wildman–Crippen LogP) is 1.96. The molecule has 2 aromatic carbocycles. The molecule has 0 spiro atoms. The second kappa shape index (κ2) is 8.47. The van der Waals surface area contributed by atoms with Crippen molar-refractivity contribution in [3.8, 4) is 0 Å². The highest BCUT2D eigenvalue weighted by molar-refractivity contribution is 7.18. The van der Waals surface area contributed by atoms with Crippen LogP contribution >= 0.6 is 11.3 Å². The summed E-state index contributed by atoms with van der Waals surface area (Å²) in [5.74, 6) is 0. The van der Waals surface area contributed by atoms with E-state index in [1.165, 1.54) is 22.5 Å². The standard InChI is InChI=1S/C22H25NO5S/c1-2-12-6-8-13(9-7-12)10-14-4-3-5-15-21(14)29-22(23-15)20-19(27)18(26)17(25)16(11-24)28-20/h3-9,16-20,24-27H,2,10-11H2,1H3/t16-,17-,18+,19-,20-/m1/s1. The summed E-state index contributed by atoms with van der Waals surface area (Å²) >= 11 is 1.41. The molecular formula is C22H25NO5S. The molecule has 4 rings (SSSR count). The van der Waals surface area contributed by atoms with Crippen LogP contribution in [0, 0.1) is 0 Å². The van der Waals surface area contributed by atoms with E-state index in [0.717, 1.165) is 28.6 Å². The van der Waals surface area contributed by atoms with Gasteiger partial charge in [0.2, 0.25) is 0 Å². The first-order valence-corrected chi connectivity index (χ1v) is 10.6. The lowest BCUT2D eigenvalue weighted by Crippen LogP contribution is -2.55. The molecule has 29 heavy (non-hydrogen) atoms. The number of ether oxygens (including phenoxy) is 1. The van der Waals surface area contributed by atoms with Gasteiger partial charge in [-0.2, -0.15) is 0 Å². The topological polar surface area (TPSA) is 103 Å². The molecule has 6 nitrogen and oxygen atoms in total. The zero-order valence-corrected chi connectivity index (χ0v) is 16.9. The Labute approximate surface area is 173 Å². The summed E-state index contributed by atoms with van der Waals surface area (Å²) in [4.78, 5) is 4.60. The Bertz CT molecular complexity index is 971. The highest BCUT2D eigenvalue weighted by Gasteiger charge is 2.45. The molecule has 7 heteroatoms. The third kappa shape index (κ3) is 3.94. The molecule has 154 valence electrons. The van der Waals surface area contributed by atoms with Gasteiger partial charge < -0.3 is 25.2 Å². The second-order valence-corrected chi connectivity index (χ2v) is 8.44. The van der Waals surface area contributed by atoms with Crippen LogP contribution in [-0.4, -0.2) is 56.4 Å². The summed E-state index contributed by atoms with van der Waals surface area (Å²) in [5, 5.41) is 40.4. The number of thiazole rings is 1. The van der Waals surface area contributed by atoms with Crippen LogP contribution in [0.4, 0.5) is 0 Å². The van der Waals surface area contributed by atoms with Crippen LogP contribution < -0.4 is 0 Å². The molecule has 1 aliphatic rings. The molecule has 2 heterocycles. The predicted molar refractivity (Wildman–Crippen MR) is 111 cm³/mol. The monoisotopic (exact) mass is 415 g/mol. The number of nitrogens with zero attached hydrogens (tertiary/aromatic N) is 1. The molecule has 1 saturated heterocycles. The van der Waals surface area contributed by atoms with Crippen molar-refractivity contribution in [2.24, 2.45) is 0 Å². The summed E-state index contributed by atoms with van der Waals surface area (Å²) in [5.41, 5.74) is 4.43. The van der Waals surface area contributed by atoms with Crippen molar-refractivity contribution in [3.63, 3.8) is 0 Å². The number of aliphatic hydroxyl groups excluding tert-OH is 4. The minimum atomic E-state index is -1.41. The zero-order chi connectivity index (χ0) is 20.5. The molecule has 0 radical (unpaired) electrons. The smallest absolute Gasteiger partial charge is 0.138 e. The lowest BCUT2D eigenvalue weighted by molar-refractivity contribution is -0.231. The Morgan fingerprint density at radius 3 is 2.38 bits per heavy atom. The summed E-state index contributed by atoms with van der Waals surface area (Å²) in [6.07, 6.45) is -4.18. The fraction of sp³-hybridized carbons (Fsp3) is 0.409. The molecule has 5 atom stereocenters. The maximum absolute atomic E-state index is 10.4. The molecule has 1 fully saturated rings. The van der Waals surface area contributed by atoms with Gasteiger partial charge in [-0.15, -0.1) is 11.3 Å². The maximum Gasteiger partial charge on any atom is 0.138 e. The Kier molecular flexibility index (Phi) is 5.96. The van der Waals surface area contributed by atoms with E-state index in [2.05, 4.69) is 42.2 Å². The van der Waals surface area contributed by atoms with Gasteiger partial charge in [-0.3, -0.25) is 0 Å². The van der Waals surface area contributed by atoms with Gasteiger partial charge in [-0.05, 0) is 35.6 Å². The van der Waals surface area contributed by atoms with Crippen molar-refractivity contribution in [1.29, 1.82) is 0 Å². The molecule has 0 unspecified atom stereocenters. The lowest BCUT2D eigenvalue weighted by Gasteiger charge is -2.39. The van der Waals surface area contributed by atoms with E-state index in [1.54, 1.807) is 0 Å². The zero-order valence-electron chi connectivity index (χ0n) is 16.1. The molecule has 1 aromatic heterocycles. The molecule has 4 N–H and O–H groups in total. The Morgan fingerprint density at radius 1 is 0.966 bits per heavy atom. The minimum Gasteiger partial charge on any atom is -0.394 e. The van der Waals surface area contributed by atoms with Crippen LogP contribution in [0.3, 0.4) is 0 Å². The summed E-state index contributed by atoms with van der Waals surface area (Å²) in [6.45, 7) is 1.68. The maximum atomic E-state index is 10.4. The van der Waals surface area contributed by atoms with Crippen LogP contribution in [0.2, 0.25) is 0 Å². The van der Waals surface area contributed by atoms with Crippen LogP contribution in [0.15, 0.2) is 42.5 Å². The van der Waals surface area contributed by atoms with E-state index in [9.17, 15) is 20.4 Å². The van der Waals surface area contributed by atoms with Gasteiger partial charge in [0.05, 0.1) is 16.8 Å². The number of hydrogen-bond donors (Lipinski definition) is 4. The van der Waals surface area contributed by atoms with E-state index < -0.39 is 37.1 Å². The average molecular weight is 416 g/mol. The van der Waals surface area contributed by atoms with Crippen molar-refractivity contribution in [2.45, 2.75) is 50.3 Å². The van der Waals surface area contributed by atoms with Gasteiger partial charge in [0.1, 0.15) is 35.5 Å². The fourth-order valence-electron chi connectivity index (χ4n) is 3.70. The summed E-state index contributed by atoms with van der Waals surface area (Å²) in [6, 6.07) is 14.5. The normalized spacial score (nSPS) is 27.4. The van der Waals surface area contributed by atoms with Gasteiger partial charge in [0.25, 0.3) is 0 Å². The van der Waals surface area contributed by atoms with Crippen molar-refractivity contribution >= 4 is 21.6 Å². The third-order valence-electron chi connectivity index (χ3n) is 5.47. The first-order chi connectivity index (χ1) is 14.0. The van der Waals surface area contributed by atoms with Gasteiger partial charge in [-0.1, -0.05) is 43.3 Å². The van der Waals surface area contributed by atoms with Crippen LogP contribution in [0.5, 0.6) is 0 Å². The quantitative estimate of drug-likeness (QED) is 0.508. The largest absolute Gasteiger partial charge is 0.394 e. The Hall–Kier alpha value is -1.87. The molecule has 0 bridgehead atoms. The van der Waals surface area contributed by atoms with E-state index in [-0.39, 0.29) is 0 Å². The van der Waals surface area contributed by atoms with E-state index in [1.807, 2.05) is 12.1 Å². The number of hydrogen-bond acceptors (Lipinski definition) is 7. The van der Waals surface area contributed by atoms with Crippen LogP contribution in [0.25, 0.3) is 10.2 Å². The first-order valence-electron chi connectivity index (χ1n) is 9.78. The van der Waals surface area contributed by atoms with Crippen LogP contribution in [-0.2, 0) is 17.6 Å². The summed E-state index contributed by atoms with van der Waals surface area (Å²) in [7, 11) is 0. The second-order valence-electron chi connectivity index (χ2n) is 7.41. The van der Waals surface area contributed by atoms with E-state index >= 15 is 0 Å². The summed E-state index contributed by atoms with van der Waals surface area (Å²) < 4.78 is 6.67. The number of rotatable bonds is 5. The molecule has 0 aliphatic carbocycles. The van der Waals surface area contributed by atoms with E-state index in [4.69, 9.17) is 4.74 Å². The van der Waals surface area contributed by atoms with Crippen molar-refractivity contribution in [3.05, 3.63) is 64.2 Å². The minimum absolute atomic E-state index is 0.453. The van der Waals surface area contributed by atoms with Gasteiger partial charge >= 0.3 is 0 Å². The molecule has 1 aliphatic heterocycles. The van der Waals surface area contributed by atoms with Gasteiger partial charge in [0, 0.05) is 0 Å². The number of aliphatic hydroxyl groups is 4. The molecule has 3 aromatic rings. The lowest BCUT2D eigenvalue weighted by atomic mass is 9.95. The third-order valence-corrected chi connectivity index (χ3v) is 6.68. The number of fused-ring (bicyclic) bond motifs is 1. The van der Waals surface area contributed by atoms with Crippen molar-refractivity contribution in [1.82, 2.24) is 4.98 Å².